The molecule has 8 rings (SSSR count). The van der Waals surface area contributed by atoms with Crippen LogP contribution in [0.1, 0.15) is 101 Å². The van der Waals surface area contributed by atoms with Crippen LogP contribution in [0.3, 0.4) is 0 Å². The van der Waals surface area contributed by atoms with Crippen molar-refractivity contribution >= 4 is 63.0 Å². The molecule has 4 heterocycles. The van der Waals surface area contributed by atoms with E-state index in [1.807, 2.05) is 12.2 Å². The first-order chi connectivity index (χ1) is 31.0. The van der Waals surface area contributed by atoms with Crippen molar-refractivity contribution in [2.75, 3.05) is 26.2 Å². The van der Waals surface area contributed by atoms with Crippen LogP contribution in [0.5, 0.6) is 5.75 Å². The zero-order chi connectivity index (χ0) is 46.3. The van der Waals surface area contributed by atoms with Gasteiger partial charge in [0.15, 0.2) is 16.6 Å². The minimum absolute atomic E-state index is 0.0238. The molecule has 1 aromatic carbocycles. The molecule has 1 aromatic heterocycles. The highest BCUT2D eigenvalue weighted by Gasteiger charge is 2.63. The molecule has 4 N–H and O–H groups in total. The summed E-state index contributed by atoms with van der Waals surface area (Å²) in [5, 5.41) is 9.58. The number of allylic oxidation sites excluding steroid dienone is 1. The minimum Gasteiger partial charge on any atom is -0.447 e. The summed E-state index contributed by atoms with van der Waals surface area (Å²) in [5.74, 6) is -6.05. The number of hydrogen-bond acceptors (Lipinski definition) is 13. The molecule has 18 nitrogen and oxygen atoms in total. The second kappa shape index (κ2) is 18.4. The third kappa shape index (κ3) is 10.0. The van der Waals surface area contributed by atoms with E-state index in [0.717, 1.165) is 43.6 Å². The topological polar surface area (TPSA) is 240 Å². The van der Waals surface area contributed by atoms with Crippen LogP contribution >= 0.6 is 11.3 Å². The summed E-state index contributed by atoms with van der Waals surface area (Å²) >= 11 is 1.05. The van der Waals surface area contributed by atoms with Crippen molar-refractivity contribution in [3.63, 3.8) is 0 Å². The minimum atomic E-state index is -3.98. The van der Waals surface area contributed by atoms with E-state index in [2.05, 4.69) is 25.7 Å². The summed E-state index contributed by atoms with van der Waals surface area (Å²) in [5.41, 5.74) is -1.65. The lowest BCUT2D eigenvalue weighted by molar-refractivity contribution is -0.142. The Labute approximate surface area is 379 Å². The highest BCUT2D eigenvalue weighted by Crippen LogP contribution is 2.47. The normalized spacial score (nSPS) is 28.0. The van der Waals surface area contributed by atoms with Gasteiger partial charge in [-0.05, 0) is 69.6 Å². The van der Waals surface area contributed by atoms with E-state index in [1.54, 1.807) is 10.3 Å². The van der Waals surface area contributed by atoms with E-state index < -0.39 is 97.7 Å². The standard InChI is InChI=1S/C44H54FN7O11S2/c1-25(53)48-43(16-8-9-17-43)24-62-42(59)47-33-11-7-5-3-4-6-10-29-19-44(29,41(58)50-65(60,61)30-13-14-30)49-37(55)36-31-22-51(20-28(31)21-52(36)39(33)56)40(57)38-46-34(23-64-38)27-12-15-35(32(45)18-27)63-26(2)54/h6,10,12,15,18,23,28-31,33,36H,3-5,7-9,11,13-14,16-17,19-22,24H2,1-2H3,(H,47,59)(H,48,53)(H,49,55)(H,50,58)/b10-6-/t28-,29-,31-,33-,36-,44+/m0/s1. The fourth-order valence-electron chi connectivity index (χ4n) is 9.89. The first-order valence-electron chi connectivity index (χ1n) is 22.3. The van der Waals surface area contributed by atoms with Crippen molar-refractivity contribution in [2.45, 2.75) is 119 Å². The molecule has 0 bridgehead atoms. The Morgan fingerprint density at radius 2 is 1.77 bits per heavy atom. The van der Waals surface area contributed by atoms with Crippen molar-refractivity contribution in [1.29, 1.82) is 0 Å². The largest absolute Gasteiger partial charge is 0.447 e. The number of hydrogen-bond donors (Lipinski definition) is 4. The van der Waals surface area contributed by atoms with Gasteiger partial charge in [0.05, 0.1) is 16.5 Å². The monoisotopic (exact) mass is 939 g/mol. The quantitative estimate of drug-likeness (QED) is 0.153. The molecule has 2 saturated heterocycles. The Kier molecular flexibility index (Phi) is 13.1. The highest BCUT2D eigenvalue weighted by molar-refractivity contribution is 7.91. The molecule has 0 spiro atoms. The van der Waals surface area contributed by atoms with E-state index >= 15 is 0 Å². The number of carbonyl (C=O) groups excluding carboxylic acids is 7. The van der Waals surface area contributed by atoms with Crippen molar-refractivity contribution < 1.29 is 55.8 Å². The number of nitrogens with zero attached hydrogens (tertiary/aromatic N) is 3. The van der Waals surface area contributed by atoms with E-state index in [0.29, 0.717) is 56.2 Å². The first kappa shape index (κ1) is 46.1. The molecule has 3 aliphatic heterocycles. The van der Waals surface area contributed by atoms with E-state index in [4.69, 9.17) is 9.47 Å². The number of thiazole rings is 1. The lowest BCUT2D eigenvalue weighted by atomic mass is 9.93. The van der Waals surface area contributed by atoms with Gasteiger partial charge in [-0.1, -0.05) is 37.8 Å². The average molecular weight is 940 g/mol. The van der Waals surface area contributed by atoms with E-state index in [-0.39, 0.29) is 55.7 Å². The Morgan fingerprint density at radius 1 is 1.00 bits per heavy atom. The summed E-state index contributed by atoms with van der Waals surface area (Å²) in [6, 6.07) is 1.63. The van der Waals surface area contributed by atoms with Gasteiger partial charge in [-0.15, -0.1) is 11.3 Å². The number of nitrogens with one attached hydrogen (secondary N) is 4. The maximum absolute atomic E-state index is 14.8. The molecule has 3 saturated carbocycles. The van der Waals surface area contributed by atoms with Crippen LogP contribution in [0.4, 0.5) is 9.18 Å². The number of rotatable bonds is 10. The summed E-state index contributed by atoms with van der Waals surface area (Å²) in [7, 11) is -3.98. The van der Waals surface area contributed by atoms with Gasteiger partial charge >= 0.3 is 12.1 Å². The summed E-state index contributed by atoms with van der Waals surface area (Å²) in [6.45, 7) is 2.66. The van der Waals surface area contributed by atoms with Crippen LogP contribution < -0.4 is 25.4 Å². The van der Waals surface area contributed by atoms with Gasteiger partial charge in [0.2, 0.25) is 27.7 Å². The molecule has 350 valence electrons. The number of alkyl carbamates (subject to hydrolysis) is 1. The third-order valence-electron chi connectivity index (χ3n) is 13.4. The Morgan fingerprint density at radius 3 is 2.48 bits per heavy atom. The van der Waals surface area contributed by atoms with Gasteiger partial charge in [-0.2, -0.15) is 0 Å². The van der Waals surface area contributed by atoms with Crippen molar-refractivity contribution in [1.82, 2.24) is 35.5 Å². The molecule has 6 atom stereocenters. The van der Waals surface area contributed by atoms with E-state index in [1.165, 1.54) is 24.0 Å². The molecule has 0 radical (unpaired) electrons. The first-order valence-corrected chi connectivity index (χ1v) is 24.7. The Balaban J connectivity index is 1.04. The van der Waals surface area contributed by atoms with Crippen LogP contribution in [0, 0.1) is 23.6 Å². The molecule has 6 aliphatic rings. The summed E-state index contributed by atoms with van der Waals surface area (Å²) in [4.78, 5) is 102. The van der Waals surface area contributed by atoms with Crippen LogP contribution in [0.25, 0.3) is 11.3 Å². The maximum atomic E-state index is 14.8. The summed E-state index contributed by atoms with van der Waals surface area (Å²) < 4.78 is 53.5. The van der Waals surface area contributed by atoms with Gasteiger partial charge in [0.1, 0.15) is 24.2 Å². The summed E-state index contributed by atoms with van der Waals surface area (Å²) in [6.07, 6.45) is 9.67. The van der Waals surface area contributed by atoms with Crippen molar-refractivity contribution in [2.24, 2.45) is 17.8 Å². The molecule has 21 heteroatoms. The molecule has 5 fully saturated rings. The number of amides is 6. The second-order valence-electron chi connectivity index (χ2n) is 18.3. The number of sulfonamides is 1. The number of halogens is 1. The number of esters is 1. The van der Waals surface area contributed by atoms with E-state index in [9.17, 15) is 46.4 Å². The van der Waals surface area contributed by atoms with Gasteiger partial charge < -0.3 is 35.2 Å². The van der Waals surface area contributed by atoms with Gasteiger partial charge in [-0.25, -0.2) is 22.6 Å². The Hall–Kier alpha value is -5.44. The fourth-order valence-corrected chi connectivity index (χ4v) is 12.0. The molecular weight excluding hydrogens is 886 g/mol. The molecule has 3 aliphatic carbocycles. The van der Waals surface area contributed by atoms with Gasteiger partial charge in [0, 0.05) is 62.2 Å². The molecule has 2 aromatic rings. The molecular formula is C44H54FN7O11S2. The Bertz CT molecular complexity index is 2400. The predicted octanol–water partition coefficient (Wildman–Crippen LogP) is 3.32. The zero-order valence-electron chi connectivity index (χ0n) is 36.3. The SMILES string of the molecule is CC(=O)NC1(COC(=O)N[C@H]2CCCCC/C=C\[C@H]3C[C@@]3(C(=O)NS(=O)(=O)C3CC3)NC(=O)[C@@H]3[C@H]4CN(C(=O)c5nc(-c6ccc(OC(C)=O)c(F)c6)cs5)C[C@H]4CN3C2=O)CCCC1. The highest BCUT2D eigenvalue weighted by atomic mass is 32.2. The van der Waals surface area contributed by atoms with Crippen LogP contribution in [0.2, 0.25) is 0 Å². The number of benzene rings is 1. The number of aromatic nitrogens is 1. The number of carbonyl (C=O) groups is 7. The fraction of sp³-hybridized carbons (Fsp3) is 0.591. The lowest BCUT2D eigenvalue weighted by Gasteiger charge is -2.33. The van der Waals surface area contributed by atoms with Crippen LogP contribution in [-0.2, 0) is 38.7 Å². The van der Waals surface area contributed by atoms with Crippen LogP contribution in [-0.4, -0.2) is 119 Å². The van der Waals surface area contributed by atoms with Gasteiger partial charge in [0.25, 0.3) is 11.8 Å². The lowest BCUT2D eigenvalue weighted by Crippen LogP contribution is -2.60. The number of ether oxygens (including phenoxy) is 2. The smallest absolute Gasteiger partial charge is 0.407 e. The molecule has 65 heavy (non-hydrogen) atoms. The van der Waals surface area contributed by atoms with Crippen molar-refractivity contribution in [3.8, 4) is 17.0 Å². The number of fused-ring (bicyclic) bond motifs is 4. The molecule has 0 unspecified atom stereocenters. The maximum Gasteiger partial charge on any atom is 0.407 e. The van der Waals surface area contributed by atoms with Gasteiger partial charge in [-0.3, -0.25) is 33.5 Å². The zero-order valence-corrected chi connectivity index (χ0v) is 37.9. The number of likely N-dealkylation sites (tertiary alicyclic amines) is 1. The second-order valence-corrected chi connectivity index (χ2v) is 21.1. The third-order valence-corrected chi connectivity index (χ3v) is 16.1. The predicted molar refractivity (Wildman–Crippen MR) is 232 cm³/mol. The van der Waals surface area contributed by atoms with Crippen LogP contribution in [0.15, 0.2) is 35.7 Å². The average Bonchev–Trinajstić information content (AvgIpc) is 3.95. The van der Waals surface area contributed by atoms with Crippen molar-refractivity contribution in [3.05, 3.63) is 46.6 Å². The molecule has 6 amide bonds.